The fourth-order valence-corrected chi connectivity index (χ4v) is 0.646. The topological polar surface area (TPSA) is 22.8 Å². The molecule has 0 N–H and O–H groups in total. The van der Waals surface area contributed by atoms with Gasteiger partial charge in [0, 0.05) is 14.1 Å². The molecular weight excluding hydrogens is 172 g/mol. The van der Waals surface area contributed by atoms with Gasteiger partial charge < -0.3 is 0 Å². The summed E-state index contributed by atoms with van der Waals surface area (Å²) >= 11 is 4.74. The summed E-state index contributed by atoms with van der Waals surface area (Å²) in [7, 11) is 3.64. The van der Waals surface area contributed by atoms with Crippen LogP contribution in [-0.4, -0.2) is 21.5 Å². The van der Waals surface area contributed by atoms with E-state index in [9.17, 15) is 8.78 Å². The summed E-state index contributed by atoms with van der Waals surface area (Å²) in [5.41, 5.74) is 0. The monoisotopic (exact) mass is 181 g/mol. The van der Waals surface area contributed by atoms with Crippen molar-refractivity contribution in [2.75, 3.05) is 7.18 Å². The average Bonchev–Trinajstić information content (AvgIpc) is 2.22. The lowest BCUT2D eigenvalue weighted by Crippen LogP contribution is -1.91. The van der Waals surface area contributed by atoms with Crippen LogP contribution in [0, 0.1) is 10.8 Å². The van der Waals surface area contributed by atoms with Crippen molar-refractivity contribution in [1.82, 2.24) is 14.3 Å². The van der Waals surface area contributed by atoms with Crippen molar-refractivity contribution in [3.05, 3.63) is 10.8 Å². The minimum atomic E-state index is -0.553. The molecule has 0 aliphatic heterocycles. The molecule has 0 radical (unpaired) electrons. The van der Waals surface area contributed by atoms with E-state index in [1.54, 1.807) is 7.05 Å². The van der Waals surface area contributed by atoms with Gasteiger partial charge in [-0.2, -0.15) is 4.39 Å². The summed E-state index contributed by atoms with van der Waals surface area (Å²) in [4.78, 5) is 0. The highest BCUT2D eigenvalue weighted by atomic mass is 32.1. The highest BCUT2D eigenvalue weighted by Crippen LogP contribution is 1.92. The SMILES string of the molecule is CF.Cn1nc(F)n(C)c1=S. The summed E-state index contributed by atoms with van der Waals surface area (Å²) in [5.74, 6) is 0. The molecule has 6 heteroatoms. The van der Waals surface area contributed by atoms with Gasteiger partial charge in [-0.25, -0.2) is 4.68 Å². The Labute approximate surface area is 68.3 Å². The van der Waals surface area contributed by atoms with E-state index in [4.69, 9.17) is 12.2 Å². The largest absolute Gasteiger partial charge is 0.308 e. The second-order valence-electron chi connectivity index (χ2n) is 1.73. The first-order chi connectivity index (χ1) is 5.13. The predicted octanol–water partition coefficient (Wildman–Crippen LogP) is 1.21. The molecule has 0 saturated heterocycles. The van der Waals surface area contributed by atoms with Crippen molar-refractivity contribution in [2.24, 2.45) is 14.1 Å². The van der Waals surface area contributed by atoms with Crippen LogP contribution in [-0.2, 0) is 14.1 Å². The van der Waals surface area contributed by atoms with Crippen LogP contribution in [0.1, 0.15) is 0 Å². The number of aromatic nitrogens is 3. The smallest absolute Gasteiger partial charge is 0.279 e. The number of hydrogen-bond acceptors (Lipinski definition) is 2. The Kier molecular flexibility index (Phi) is 3.88. The Morgan fingerprint density at radius 2 is 1.82 bits per heavy atom. The second kappa shape index (κ2) is 4.17. The molecule has 0 amide bonds. The minimum Gasteiger partial charge on any atom is -0.279 e. The third-order valence-corrected chi connectivity index (χ3v) is 1.61. The van der Waals surface area contributed by atoms with Crippen LogP contribution < -0.4 is 0 Å². The van der Waals surface area contributed by atoms with Gasteiger partial charge in [0.05, 0.1) is 7.18 Å². The van der Waals surface area contributed by atoms with Gasteiger partial charge >= 0.3 is 6.08 Å². The number of nitrogens with zero attached hydrogens (tertiary/aromatic N) is 3. The van der Waals surface area contributed by atoms with Gasteiger partial charge in [0.15, 0.2) is 4.77 Å². The molecule has 3 nitrogen and oxygen atoms in total. The van der Waals surface area contributed by atoms with Gasteiger partial charge in [-0.3, -0.25) is 8.96 Å². The van der Waals surface area contributed by atoms with Crippen LogP contribution in [0.3, 0.4) is 0 Å². The van der Waals surface area contributed by atoms with E-state index in [1.165, 1.54) is 16.3 Å². The zero-order valence-electron chi connectivity index (χ0n) is 6.51. The zero-order chi connectivity index (χ0) is 9.02. The lowest BCUT2D eigenvalue weighted by atomic mass is 11.0. The zero-order valence-corrected chi connectivity index (χ0v) is 7.32. The van der Waals surface area contributed by atoms with Crippen molar-refractivity contribution in [3.63, 3.8) is 0 Å². The average molecular weight is 181 g/mol. The molecule has 0 atom stereocenters. The van der Waals surface area contributed by atoms with E-state index in [0.29, 0.717) is 11.9 Å². The van der Waals surface area contributed by atoms with Crippen molar-refractivity contribution in [2.45, 2.75) is 0 Å². The number of halogens is 2. The van der Waals surface area contributed by atoms with Gasteiger partial charge in [-0.15, -0.1) is 5.10 Å². The Morgan fingerprint density at radius 1 is 1.36 bits per heavy atom. The molecule has 0 unspecified atom stereocenters. The molecule has 1 rings (SSSR count). The normalized spacial score (nSPS) is 8.82. The van der Waals surface area contributed by atoms with E-state index in [2.05, 4.69) is 5.10 Å². The maximum atomic E-state index is 12.4. The Morgan fingerprint density at radius 3 is 1.91 bits per heavy atom. The second-order valence-corrected chi connectivity index (χ2v) is 2.10. The number of alkyl halides is 1. The molecule has 11 heavy (non-hydrogen) atoms. The van der Waals surface area contributed by atoms with E-state index < -0.39 is 6.08 Å². The quantitative estimate of drug-likeness (QED) is 0.561. The molecular formula is C5H9F2N3S. The van der Waals surface area contributed by atoms with E-state index in [1.807, 2.05) is 0 Å². The third-order valence-electron chi connectivity index (χ3n) is 1.07. The summed E-state index contributed by atoms with van der Waals surface area (Å²) in [6.45, 7) is 0. The van der Waals surface area contributed by atoms with E-state index >= 15 is 0 Å². The molecule has 0 aliphatic rings. The molecule has 1 aromatic rings. The molecule has 1 heterocycles. The van der Waals surface area contributed by atoms with Gasteiger partial charge in [0.1, 0.15) is 0 Å². The number of hydrogen-bond donors (Lipinski definition) is 0. The summed E-state index contributed by atoms with van der Waals surface area (Å²) in [6.07, 6.45) is -0.553. The Bertz CT molecular complexity index is 278. The molecule has 0 spiro atoms. The number of rotatable bonds is 0. The van der Waals surface area contributed by atoms with Gasteiger partial charge in [-0.05, 0) is 12.2 Å². The molecule has 0 fully saturated rings. The van der Waals surface area contributed by atoms with Crippen molar-refractivity contribution >= 4 is 12.2 Å². The molecule has 1 aromatic heterocycles. The van der Waals surface area contributed by atoms with E-state index in [0.717, 1.165) is 0 Å². The van der Waals surface area contributed by atoms with Crippen LogP contribution >= 0.6 is 12.2 Å². The standard InChI is InChI=1S/C4H6FN3S.CH3F/c1-7-3(5)6-8(2)4(7)9;1-2/h1-2H3;1H3. The van der Waals surface area contributed by atoms with Gasteiger partial charge in [0.2, 0.25) is 0 Å². The first-order valence-electron chi connectivity index (χ1n) is 2.76. The minimum absolute atomic E-state index is 0.382. The van der Waals surface area contributed by atoms with Crippen molar-refractivity contribution < 1.29 is 8.78 Å². The molecule has 0 bridgehead atoms. The van der Waals surface area contributed by atoms with Crippen LogP contribution in [0.25, 0.3) is 0 Å². The molecule has 64 valence electrons. The lowest BCUT2D eigenvalue weighted by Gasteiger charge is -1.84. The molecule has 0 saturated carbocycles. The summed E-state index contributed by atoms with van der Waals surface area (Å²) in [6, 6.07) is 0. The Balaban J connectivity index is 0.000000461. The van der Waals surface area contributed by atoms with Crippen LogP contribution in [0.5, 0.6) is 0 Å². The summed E-state index contributed by atoms with van der Waals surface area (Å²) < 4.78 is 24.8. The van der Waals surface area contributed by atoms with Gasteiger partial charge in [0.25, 0.3) is 0 Å². The fourth-order valence-electron chi connectivity index (χ4n) is 0.530. The predicted molar refractivity (Wildman–Crippen MR) is 40.0 cm³/mol. The summed E-state index contributed by atoms with van der Waals surface area (Å²) in [5, 5.41) is 3.42. The number of aryl methyl sites for hydroxylation is 1. The highest BCUT2D eigenvalue weighted by molar-refractivity contribution is 7.71. The fraction of sp³-hybridized carbons (Fsp3) is 0.600. The first-order valence-corrected chi connectivity index (χ1v) is 3.17. The maximum Gasteiger partial charge on any atom is 0.308 e. The van der Waals surface area contributed by atoms with Crippen molar-refractivity contribution in [3.8, 4) is 0 Å². The first kappa shape index (κ1) is 10.2. The molecule has 0 aliphatic carbocycles. The van der Waals surface area contributed by atoms with Crippen LogP contribution in [0.15, 0.2) is 0 Å². The van der Waals surface area contributed by atoms with Gasteiger partial charge in [-0.1, -0.05) is 0 Å². The molecule has 0 aromatic carbocycles. The maximum absolute atomic E-state index is 12.4. The Hall–Kier alpha value is -0.780. The highest BCUT2D eigenvalue weighted by Gasteiger charge is 2.00. The van der Waals surface area contributed by atoms with Crippen LogP contribution in [0.4, 0.5) is 8.78 Å². The lowest BCUT2D eigenvalue weighted by molar-refractivity contribution is 0.489. The van der Waals surface area contributed by atoms with E-state index in [-0.39, 0.29) is 0 Å². The van der Waals surface area contributed by atoms with Crippen molar-refractivity contribution in [1.29, 1.82) is 0 Å². The third kappa shape index (κ3) is 2.07. The van der Waals surface area contributed by atoms with Crippen LogP contribution in [0.2, 0.25) is 0 Å².